The van der Waals surface area contributed by atoms with E-state index in [-0.39, 0.29) is 17.1 Å². The van der Waals surface area contributed by atoms with Crippen LogP contribution >= 0.6 is 0 Å². The van der Waals surface area contributed by atoms with Crippen molar-refractivity contribution < 1.29 is 14.3 Å². The topological polar surface area (TPSA) is 88.2 Å². The first-order valence-electron chi connectivity index (χ1n) is 5.08. The van der Waals surface area contributed by atoms with E-state index in [1.54, 1.807) is 0 Å². The highest BCUT2D eigenvalue weighted by Gasteiger charge is 2.12. The number of amides is 1. The lowest BCUT2D eigenvalue weighted by atomic mass is 10.2. The van der Waals surface area contributed by atoms with Gasteiger partial charge in [0.05, 0.1) is 5.69 Å². The number of nitrogens with one attached hydrogen (secondary N) is 1. The van der Waals surface area contributed by atoms with Crippen LogP contribution in [0.2, 0.25) is 0 Å². The van der Waals surface area contributed by atoms with Crippen molar-refractivity contribution in [1.29, 1.82) is 0 Å². The Morgan fingerprint density at radius 3 is 2.83 bits per heavy atom. The number of carbonyl (C=O) groups is 1. The number of pyridine rings is 1. The quantitative estimate of drug-likeness (QED) is 0.705. The number of nitrogens with two attached hydrogens (primary N) is 1. The third-order valence-electron chi connectivity index (χ3n) is 2.26. The van der Waals surface area contributed by atoms with Gasteiger partial charge in [-0.2, -0.15) is 0 Å². The molecule has 0 aliphatic carbocycles. The van der Waals surface area contributed by atoms with Crippen molar-refractivity contribution in [2.75, 3.05) is 11.1 Å². The van der Waals surface area contributed by atoms with E-state index in [4.69, 9.17) is 5.73 Å². The molecule has 0 bridgehead atoms. The van der Waals surface area contributed by atoms with Crippen LogP contribution in [0.15, 0.2) is 36.5 Å². The molecule has 18 heavy (non-hydrogen) atoms. The summed E-state index contributed by atoms with van der Waals surface area (Å²) in [5.41, 5.74) is 5.51. The number of carbonyl (C=O) groups excluding carboxylic acids is 1. The Bertz CT molecular complexity index is 602. The average molecular weight is 247 g/mol. The van der Waals surface area contributed by atoms with Crippen molar-refractivity contribution in [2.24, 2.45) is 0 Å². The van der Waals surface area contributed by atoms with Crippen LogP contribution in [0.4, 0.5) is 15.8 Å². The van der Waals surface area contributed by atoms with Gasteiger partial charge < -0.3 is 16.2 Å². The fourth-order valence-corrected chi connectivity index (χ4v) is 1.38. The Hall–Kier alpha value is -2.63. The van der Waals surface area contributed by atoms with Crippen LogP contribution in [0, 0.1) is 5.82 Å². The summed E-state index contributed by atoms with van der Waals surface area (Å²) >= 11 is 0. The molecule has 5 nitrogen and oxygen atoms in total. The molecule has 1 amide bonds. The number of halogens is 1. The second-order valence-corrected chi connectivity index (χ2v) is 3.56. The van der Waals surface area contributed by atoms with Crippen LogP contribution in [0.5, 0.6) is 5.75 Å². The summed E-state index contributed by atoms with van der Waals surface area (Å²) in [5.74, 6) is -1.39. The number of nitrogen functional groups attached to an aromatic ring is 1. The highest BCUT2D eigenvalue weighted by Crippen LogP contribution is 2.19. The number of hydrogen-bond acceptors (Lipinski definition) is 4. The summed E-state index contributed by atoms with van der Waals surface area (Å²) in [4.78, 5) is 15.5. The van der Waals surface area contributed by atoms with Crippen LogP contribution in [-0.2, 0) is 0 Å². The van der Waals surface area contributed by atoms with E-state index in [9.17, 15) is 14.3 Å². The average Bonchev–Trinajstić information content (AvgIpc) is 2.34. The van der Waals surface area contributed by atoms with E-state index < -0.39 is 11.7 Å². The van der Waals surface area contributed by atoms with Crippen molar-refractivity contribution >= 4 is 17.3 Å². The van der Waals surface area contributed by atoms with E-state index in [1.807, 2.05) is 0 Å². The molecule has 0 atom stereocenters. The summed E-state index contributed by atoms with van der Waals surface area (Å²) in [6, 6.07) is 6.64. The van der Waals surface area contributed by atoms with Gasteiger partial charge in [0.15, 0.2) is 5.69 Å². The molecule has 0 radical (unpaired) electrons. The Balaban J connectivity index is 2.22. The first-order chi connectivity index (χ1) is 8.58. The van der Waals surface area contributed by atoms with E-state index in [0.29, 0.717) is 5.69 Å². The maximum atomic E-state index is 12.9. The van der Waals surface area contributed by atoms with Crippen LogP contribution in [0.1, 0.15) is 10.5 Å². The predicted octanol–water partition coefficient (Wildman–Crippen LogP) is 1.76. The standard InChI is InChI=1S/C12H10FN3O2/c13-8-4-3-7(6-9(8)14)16-12(18)11-10(17)2-1-5-15-11/h1-6,17H,14H2,(H,16,18). The number of anilines is 2. The minimum Gasteiger partial charge on any atom is -0.505 e. The number of hydrogen-bond donors (Lipinski definition) is 3. The van der Waals surface area contributed by atoms with Gasteiger partial charge in [-0.15, -0.1) is 0 Å². The van der Waals surface area contributed by atoms with Gasteiger partial charge in [0.25, 0.3) is 5.91 Å². The molecule has 0 aliphatic rings. The SMILES string of the molecule is Nc1cc(NC(=O)c2ncccc2O)ccc1F. The second kappa shape index (κ2) is 4.70. The van der Waals surface area contributed by atoms with Gasteiger partial charge >= 0.3 is 0 Å². The third-order valence-corrected chi connectivity index (χ3v) is 2.26. The van der Waals surface area contributed by atoms with Gasteiger partial charge in [-0.3, -0.25) is 4.79 Å². The third kappa shape index (κ3) is 2.37. The largest absolute Gasteiger partial charge is 0.505 e. The molecule has 1 aromatic carbocycles. The van der Waals surface area contributed by atoms with Gasteiger partial charge in [0.1, 0.15) is 11.6 Å². The zero-order chi connectivity index (χ0) is 13.1. The van der Waals surface area contributed by atoms with Crippen LogP contribution < -0.4 is 11.1 Å². The molecule has 1 heterocycles. The lowest BCUT2D eigenvalue weighted by Gasteiger charge is -2.06. The smallest absolute Gasteiger partial charge is 0.278 e. The Morgan fingerprint density at radius 1 is 1.39 bits per heavy atom. The molecule has 4 N–H and O–H groups in total. The fourth-order valence-electron chi connectivity index (χ4n) is 1.38. The zero-order valence-electron chi connectivity index (χ0n) is 9.22. The Kier molecular flexibility index (Phi) is 3.09. The first-order valence-corrected chi connectivity index (χ1v) is 5.08. The molecule has 0 fully saturated rings. The van der Waals surface area contributed by atoms with Crippen molar-refractivity contribution in [3.63, 3.8) is 0 Å². The molecular formula is C12H10FN3O2. The summed E-state index contributed by atoms with van der Waals surface area (Å²) in [5, 5.41) is 11.9. The Labute approximate surface area is 102 Å². The number of benzene rings is 1. The van der Waals surface area contributed by atoms with Gasteiger partial charge in [0.2, 0.25) is 0 Å². The van der Waals surface area contributed by atoms with E-state index >= 15 is 0 Å². The van der Waals surface area contributed by atoms with Crippen molar-refractivity contribution in [1.82, 2.24) is 4.98 Å². The van der Waals surface area contributed by atoms with Gasteiger partial charge in [0, 0.05) is 11.9 Å². The predicted molar refractivity (Wildman–Crippen MR) is 64.7 cm³/mol. The summed E-state index contributed by atoms with van der Waals surface area (Å²) in [7, 11) is 0. The Morgan fingerprint density at radius 2 is 2.17 bits per heavy atom. The van der Waals surface area contributed by atoms with Crippen molar-refractivity contribution in [3.05, 3.63) is 48.0 Å². The first kappa shape index (κ1) is 11.8. The monoisotopic (exact) mass is 247 g/mol. The highest BCUT2D eigenvalue weighted by molar-refractivity contribution is 6.04. The molecule has 0 unspecified atom stereocenters. The van der Waals surface area contributed by atoms with Crippen LogP contribution in [0.3, 0.4) is 0 Å². The maximum absolute atomic E-state index is 12.9. The van der Waals surface area contributed by atoms with Gasteiger partial charge in [-0.1, -0.05) is 0 Å². The number of aromatic hydroxyl groups is 1. The zero-order valence-corrected chi connectivity index (χ0v) is 9.22. The minimum atomic E-state index is -0.598. The lowest BCUT2D eigenvalue weighted by molar-refractivity contribution is 0.101. The normalized spacial score (nSPS) is 10.1. The van der Waals surface area contributed by atoms with Crippen molar-refractivity contribution in [2.45, 2.75) is 0 Å². The molecule has 1 aromatic heterocycles. The molecule has 2 rings (SSSR count). The molecule has 2 aromatic rings. The molecule has 0 saturated heterocycles. The number of rotatable bonds is 2. The van der Waals surface area contributed by atoms with E-state index in [2.05, 4.69) is 10.3 Å². The molecule has 0 spiro atoms. The van der Waals surface area contributed by atoms with Crippen molar-refractivity contribution in [3.8, 4) is 5.75 Å². The maximum Gasteiger partial charge on any atom is 0.278 e. The molecule has 0 aliphatic heterocycles. The molecule has 92 valence electrons. The van der Waals surface area contributed by atoms with Gasteiger partial charge in [-0.05, 0) is 30.3 Å². The van der Waals surface area contributed by atoms with Crippen LogP contribution in [0.25, 0.3) is 0 Å². The highest BCUT2D eigenvalue weighted by atomic mass is 19.1. The number of nitrogens with zero attached hydrogens (tertiary/aromatic N) is 1. The second-order valence-electron chi connectivity index (χ2n) is 3.56. The summed E-state index contributed by atoms with van der Waals surface area (Å²) in [6.45, 7) is 0. The minimum absolute atomic E-state index is 0.0713. The molecule has 6 heteroatoms. The lowest BCUT2D eigenvalue weighted by Crippen LogP contribution is -2.14. The number of aromatic nitrogens is 1. The summed E-state index contributed by atoms with van der Waals surface area (Å²) in [6.07, 6.45) is 1.38. The van der Waals surface area contributed by atoms with Crippen LogP contribution in [-0.4, -0.2) is 16.0 Å². The van der Waals surface area contributed by atoms with Gasteiger partial charge in [-0.25, -0.2) is 9.37 Å². The van der Waals surface area contributed by atoms with E-state index in [0.717, 1.165) is 6.07 Å². The van der Waals surface area contributed by atoms with E-state index in [1.165, 1.54) is 30.5 Å². The fraction of sp³-hybridized carbons (Fsp3) is 0. The summed E-state index contributed by atoms with van der Waals surface area (Å²) < 4.78 is 12.9. The molecular weight excluding hydrogens is 237 g/mol. The molecule has 0 saturated carbocycles.